The fourth-order valence-electron chi connectivity index (χ4n) is 3.31. The highest BCUT2D eigenvalue weighted by atomic mass is 14.3. The summed E-state index contributed by atoms with van der Waals surface area (Å²) in [7, 11) is 0. The van der Waals surface area contributed by atoms with E-state index in [1.54, 1.807) is 0 Å². The lowest BCUT2D eigenvalue weighted by Crippen LogP contribution is -2.20. The molecule has 0 atom stereocenters. The van der Waals surface area contributed by atoms with E-state index < -0.39 is 0 Å². The third kappa shape index (κ3) is 7.84. The third-order valence-corrected chi connectivity index (χ3v) is 4.18. The zero-order chi connectivity index (χ0) is 13.0. The predicted octanol–water partition coefficient (Wildman–Crippen LogP) is 6.73. The molecule has 0 aromatic rings. The fourth-order valence-corrected chi connectivity index (χ4v) is 3.31. The van der Waals surface area contributed by atoms with Gasteiger partial charge in [-0.2, -0.15) is 0 Å². The summed E-state index contributed by atoms with van der Waals surface area (Å²) >= 11 is 0. The van der Waals surface area contributed by atoms with Gasteiger partial charge in [-0.25, -0.2) is 0 Å². The molecule has 0 bridgehead atoms. The van der Waals surface area contributed by atoms with E-state index in [4.69, 9.17) is 0 Å². The lowest BCUT2D eigenvalue weighted by atomic mass is 9.71. The Bertz CT molecular complexity index is 130. The van der Waals surface area contributed by atoms with Gasteiger partial charge in [0.1, 0.15) is 0 Å². The molecule has 0 saturated carbocycles. The number of hydrogen-bond donors (Lipinski definition) is 0. The van der Waals surface area contributed by atoms with Gasteiger partial charge in [0.05, 0.1) is 0 Å². The molecule has 0 spiro atoms. The standard InChI is InChI=1S/C17H36/c1-5-9-11-15-17(13-7-3,14-8-4)16-12-10-6-2/h5-16H2,1-4H3. The van der Waals surface area contributed by atoms with Crippen LogP contribution in [-0.2, 0) is 0 Å². The van der Waals surface area contributed by atoms with E-state index in [1.807, 2.05) is 0 Å². The molecule has 0 aromatic heterocycles. The number of rotatable bonds is 12. The molecule has 0 fully saturated rings. The molecule has 0 aliphatic rings. The van der Waals surface area contributed by atoms with Gasteiger partial charge < -0.3 is 0 Å². The molecule has 0 aromatic carbocycles. The molecule has 0 nitrogen and oxygen atoms in total. The second-order valence-electron chi connectivity index (χ2n) is 5.91. The normalized spacial score (nSPS) is 12.0. The Labute approximate surface area is 111 Å². The van der Waals surface area contributed by atoms with Crippen LogP contribution >= 0.6 is 0 Å². The molecule has 0 amide bonds. The van der Waals surface area contributed by atoms with Crippen LogP contribution in [0.2, 0.25) is 0 Å². The Balaban J connectivity index is 4.25. The lowest BCUT2D eigenvalue weighted by molar-refractivity contribution is 0.181. The molecular weight excluding hydrogens is 204 g/mol. The molecule has 104 valence electrons. The van der Waals surface area contributed by atoms with Crippen molar-refractivity contribution in [2.24, 2.45) is 5.41 Å². The van der Waals surface area contributed by atoms with Gasteiger partial charge in [0.25, 0.3) is 0 Å². The van der Waals surface area contributed by atoms with Crippen molar-refractivity contribution in [1.82, 2.24) is 0 Å². The first-order valence-electron chi connectivity index (χ1n) is 8.24. The monoisotopic (exact) mass is 240 g/mol. The Morgan fingerprint density at radius 2 is 0.882 bits per heavy atom. The molecule has 0 aliphatic heterocycles. The van der Waals surface area contributed by atoms with Crippen LogP contribution in [0.25, 0.3) is 0 Å². The maximum atomic E-state index is 2.37. The van der Waals surface area contributed by atoms with Crippen LogP contribution in [0.15, 0.2) is 0 Å². The molecule has 0 aliphatic carbocycles. The van der Waals surface area contributed by atoms with Crippen LogP contribution in [0.1, 0.15) is 105 Å². The summed E-state index contributed by atoms with van der Waals surface area (Å²) < 4.78 is 0. The van der Waals surface area contributed by atoms with E-state index in [-0.39, 0.29) is 0 Å². The predicted molar refractivity (Wildman–Crippen MR) is 80.5 cm³/mol. The zero-order valence-electron chi connectivity index (χ0n) is 13.0. The van der Waals surface area contributed by atoms with Crippen molar-refractivity contribution >= 4 is 0 Å². The van der Waals surface area contributed by atoms with Gasteiger partial charge >= 0.3 is 0 Å². The van der Waals surface area contributed by atoms with Gasteiger partial charge in [0.15, 0.2) is 0 Å². The van der Waals surface area contributed by atoms with Gasteiger partial charge in [-0.1, -0.05) is 79.1 Å². The van der Waals surface area contributed by atoms with E-state index in [1.165, 1.54) is 77.0 Å². The lowest BCUT2D eigenvalue weighted by Gasteiger charge is -2.34. The van der Waals surface area contributed by atoms with Crippen molar-refractivity contribution in [3.63, 3.8) is 0 Å². The van der Waals surface area contributed by atoms with Crippen LogP contribution in [0, 0.1) is 5.41 Å². The summed E-state index contributed by atoms with van der Waals surface area (Å²) in [6.07, 6.45) is 17.2. The Kier molecular flexibility index (Phi) is 11.1. The maximum Gasteiger partial charge on any atom is -0.0298 e. The van der Waals surface area contributed by atoms with Gasteiger partial charge in [-0.3, -0.25) is 0 Å². The molecule has 17 heavy (non-hydrogen) atoms. The first kappa shape index (κ1) is 17.0. The SMILES string of the molecule is CCCCCC(CCC)(CCC)CCCCC. The summed E-state index contributed by atoms with van der Waals surface area (Å²) in [6.45, 7) is 9.37. The molecule has 0 saturated heterocycles. The second-order valence-corrected chi connectivity index (χ2v) is 5.91. The van der Waals surface area contributed by atoms with E-state index in [2.05, 4.69) is 27.7 Å². The summed E-state index contributed by atoms with van der Waals surface area (Å²) in [6, 6.07) is 0. The summed E-state index contributed by atoms with van der Waals surface area (Å²) in [5.74, 6) is 0. The first-order valence-corrected chi connectivity index (χ1v) is 8.24. The van der Waals surface area contributed by atoms with Crippen LogP contribution < -0.4 is 0 Å². The molecule has 0 heteroatoms. The van der Waals surface area contributed by atoms with Crippen LogP contribution in [0.4, 0.5) is 0 Å². The van der Waals surface area contributed by atoms with Crippen LogP contribution in [-0.4, -0.2) is 0 Å². The molecule has 0 radical (unpaired) electrons. The van der Waals surface area contributed by atoms with Crippen LogP contribution in [0.3, 0.4) is 0 Å². The van der Waals surface area contributed by atoms with E-state index in [0.717, 1.165) is 0 Å². The summed E-state index contributed by atoms with van der Waals surface area (Å²) in [5, 5.41) is 0. The van der Waals surface area contributed by atoms with Crippen molar-refractivity contribution in [3.05, 3.63) is 0 Å². The van der Waals surface area contributed by atoms with Crippen molar-refractivity contribution in [3.8, 4) is 0 Å². The maximum absolute atomic E-state index is 2.37. The number of hydrogen-bond acceptors (Lipinski definition) is 0. The minimum atomic E-state index is 0.702. The fraction of sp³-hybridized carbons (Fsp3) is 1.00. The molecule has 0 rings (SSSR count). The van der Waals surface area contributed by atoms with E-state index in [9.17, 15) is 0 Å². The second kappa shape index (κ2) is 11.1. The van der Waals surface area contributed by atoms with Gasteiger partial charge in [0, 0.05) is 0 Å². The third-order valence-electron chi connectivity index (χ3n) is 4.18. The minimum Gasteiger partial charge on any atom is -0.0654 e. The van der Waals surface area contributed by atoms with Crippen molar-refractivity contribution in [2.75, 3.05) is 0 Å². The average molecular weight is 240 g/mol. The topological polar surface area (TPSA) is 0 Å². The molecule has 0 unspecified atom stereocenters. The van der Waals surface area contributed by atoms with E-state index >= 15 is 0 Å². The van der Waals surface area contributed by atoms with Gasteiger partial charge in [-0.05, 0) is 31.1 Å². The van der Waals surface area contributed by atoms with Gasteiger partial charge in [0.2, 0.25) is 0 Å². The average Bonchev–Trinajstić information content (AvgIpc) is 2.30. The smallest absolute Gasteiger partial charge is 0.0298 e. The highest BCUT2D eigenvalue weighted by Gasteiger charge is 2.26. The van der Waals surface area contributed by atoms with Crippen LogP contribution in [0.5, 0.6) is 0 Å². The Morgan fingerprint density at radius 3 is 1.18 bits per heavy atom. The van der Waals surface area contributed by atoms with Gasteiger partial charge in [-0.15, -0.1) is 0 Å². The van der Waals surface area contributed by atoms with Crippen molar-refractivity contribution in [1.29, 1.82) is 0 Å². The quantitative estimate of drug-likeness (QED) is 0.332. The summed E-state index contributed by atoms with van der Waals surface area (Å²) in [5.41, 5.74) is 0.702. The molecule has 0 heterocycles. The van der Waals surface area contributed by atoms with Crippen molar-refractivity contribution in [2.45, 2.75) is 105 Å². The minimum absolute atomic E-state index is 0.702. The first-order chi connectivity index (χ1) is 8.24. The van der Waals surface area contributed by atoms with Crippen molar-refractivity contribution < 1.29 is 0 Å². The highest BCUT2D eigenvalue weighted by Crippen LogP contribution is 2.40. The Morgan fingerprint density at radius 1 is 0.471 bits per heavy atom. The summed E-state index contributed by atoms with van der Waals surface area (Å²) in [4.78, 5) is 0. The largest absolute Gasteiger partial charge is 0.0654 e. The highest BCUT2D eigenvalue weighted by molar-refractivity contribution is 4.78. The zero-order valence-corrected chi connectivity index (χ0v) is 13.0. The molecule has 0 N–H and O–H groups in total. The molecular formula is C17H36. The Hall–Kier alpha value is 0. The van der Waals surface area contributed by atoms with E-state index in [0.29, 0.717) is 5.41 Å². The number of unbranched alkanes of at least 4 members (excludes halogenated alkanes) is 4.